The van der Waals surface area contributed by atoms with Crippen LogP contribution in [0.2, 0.25) is 0 Å². The molecule has 160 valence electrons. The van der Waals surface area contributed by atoms with Gasteiger partial charge in [-0.3, -0.25) is 0 Å². The highest BCUT2D eigenvalue weighted by atomic mass is 16.3. The van der Waals surface area contributed by atoms with Crippen molar-refractivity contribution in [1.82, 2.24) is 0 Å². The molecule has 0 aromatic heterocycles. The summed E-state index contributed by atoms with van der Waals surface area (Å²) >= 11 is 0. The number of likely N-dealkylation sites (N-methyl/N-ethyl adjacent to an activating group) is 2. The summed E-state index contributed by atoms with van der Waals surface area (Å²) < 4.78 is 0. The van der Waals surface area contributed by atoms with Crippen molar-refractivity contribution in [1.29, 1.82) is 0 Å². The lowest BCUT2D eigenvalue weighted by molar-refractivity contribution is -0.0786. The normalized spacial score (nSPS) is 27.2. The van der Waals surface area contributed by atoms with Gasteiger partial charge in [0.05, 0.1) is 23.6 Å². The Kier molecular flexibility index (Phi) is 4.60. The van der Waals surface area contributed by atoms with E-state index in [1.165, 1.54) is 0 Å². The van der Waals surface area contributed by atoms with Crippen molar-refractivity contribution >= 4 is 11.4 Å². The zero-order chi connectivity index (χ0) is 21.2. The van der Waals surface area contributed by atoms with E-state index in [9.17, 15) is 20.4 Å². The summed E-state index contributed by atoms with van der Waals surface area (Å²) in [6.07, 6.45) is 0.198. The predicted molar refractivity (Wildman–Crippen MR) is 117 cm³/mol. The van der Waals surface area contributed by atoms with Crippen LogP contribution in [0.1, 0.15) is 47.9 Å². The van der Waals surface area contributed by atoms with Gasteiger partial charge >= 0.3 is 0 Å². The van der Waals surface area contributed by atoms with Crippen molar-refractivity contribution in [3.63, 3.8) is 0 Å². The van der Waals surface area contributed by atoms with Crippen LogP contribution in [0.4, 0.5) is 11.4 Å². The Hall–Kier alpha value is -2.44. The van der Waals surface area contributed by atoms with E-state index in [0.29, 0.717) is 0 Å². The number of aliphatic hydroxyl groups excluding tert-OH is 2. The van der Waals surface area contributed by atoms with Crippen LogP contribution >= 0.6 is 0 Å². The number of phenols is 2. The largest absolute Gasteiger partial charge is 0.506 e. The number of nitrogens with zero attached hydrogens (tertiary/aromatic N) is 2. The van der Waals surface area contributed by atoms with E-state index in [-0.39, 0.29) is 11.5 Å². The summed E-state index contributed by atoms with van der Waals surface area (Å²) in [6.45, 7) is 7.58. The molecule has 6 heteroatoms. The number of aliphatic hydroxyl groups is 2. The third-order valence-electron chi connectivity index (χ3n) is 7.32. The molecule has 1 fully saturated rings. The third-order valence-corrected chi connectivity index (χ3v) is 7.32. The topological polar surface area (TPSA) is 87.4 Å². The summed E-state index contributed by atoms with van der Waals surface area (Å²) in [5, 5.41) is 43.1. The molecule has 0 spiro atoms. The second-order valence-electron chi connectivity index (χ2n) is 8.79. The number of phenolic OH excluding ortho intramolecular Hbond substituents is 2. The van der Waals surface area contributed by atoms with Crippen molar-refractivity contribution < 1.29 is 20.4 Å². The first kappa shape index (κ1) is 19.5. The molecule has 0 unspecified atom stereocenters. The van der Waals surface area contributed by atoms with E-state index in [4.69, 9.17) is 0 Å². The highest BCUT2D eigenvalue weighted by Gasteiger charge is 2.51. The molecule has 0 amide bonds. The van der Waals surface area contributed by atoms with E-state index in [1.54, 1.807) is 12.1 Å². The molecule has 1 saturated carbocycles. The fourth-order valence-corrected chi connectivity index (χ4v) is 5.76. The summed E-state index contributed by atoms with van der Waals surface area (Å²) in [5.74, 6) is -0.437. The Balaban J connectivity index is 1.43. The smallest absolute Gasteiger partial charge is 0.139 e. The van der Waals surface area contributed by atoms with Crippen molar-refractivity contribution in [3.8, 4) is 11.5 Å². The molecule has 2 heterocycles. The fraction of sp³-hybridized carbons (Fsp3) is 0.500. The number of rotatable bonds is 4. The molecule has 3 aliphatic rings. The van der Waals surface area contributed by atoms with Gasteiger partial charge < -0.3 is 30.2 Å². The van der Waals surface area contributed by atoms with Gasteiger partial charge in [-0.05, 0) is 61.1 Å². The first-order valence-corrected chi connectivity index (χ1v) is 11.0. The minimum atomic E-state index is -0.762. The van der Waals surface area contributed by atoms with Gasteiger partial charge in [-0.1, -0.05) is 12.1 Å². The number of aromatic hydroxyl groups is 2. The van der Waals surface area contributed by atoms with Crippen molar-refractivity contribution in [3.05, 3.63) is 46.5 Å². The van der Waals surface area contributed by atoms with E-state index in [0.717, 1.165) is 72.6 Å². The lowest BCUT2D eigenvalue weighted by atomic mass is 9.63. The maximum absolute atomic E-state index is 11.0. The Labute approximate surface area is 177 Å². The van der Waals surface area contributed by atoms with Gasteiger partial charge in [-0.2, -0.15) is 0 Å². The molecule has 0 radical (unpaired) electrons. The maximum Gasteiger partial charge on any atom is 0.139 e. The van der Waals surface area contributed by atoms with Crippen molar-refractivity contribution in [2.75, 3.05) is 36.0 Å². The van der Waals surface area contributed by atoms with Gasteiger partial charge in [-0.15, -0.1) is 0 Å². The van der Waals surface area contributed by atoms with E-state index in [1.807, 2.05) is 12.1 Å². The molecule has 30 heavy (non-hydrogen) atoms. The van der Waals surface area contributed by atoms with Crippen LogP contribution < -0.4 is 9.80 Å². The quantitative estimate of drug-likeness (QED) is 0.620. The molecule has 2 aromatic carbocycles. The van der Waals surface area contributed by atoms with Gasteiger partial charge in [0, 0.05) is 38.0 Å². The van der Waals surface area contributed by atoms with Crippen LogP contribution in [0.3, 0.4) is 0 Å². The van der Waals surface area contributed by atoms with E-state index < -0.39 is 24.0 Å². The predicted octanol–water partition coefficient (Wildman–Crippen LogP) is 2.47. The third kappa shape index (κ3) is 2.70. The molecule has 5 rings (SSSR count). The number of hydrogen-bond donors (Lipinski definition) is 4. The number of hydrogen-bond acceptors (Lipinski definition) is 6. The average Bonchev–Trinajstić information content (AvgIpc) is 3.32. The number of anilines is 2. The lowest BCUT2D eigenvalue weighted by Crippen LogP contribution is -2.51. The van der Waals surface area contributed by atoms with Crippen LogP contribution in [-0.4, -0.2) is 58.8 Å². The number of fused-ring (bicyclic) bond motifs is 2. The first-order valence-electron chi connectivity index (χ1n) is 11.0. The van der Waals surface area contributed by atoms with Crippen molar-refractivity contribution in [2.24, 2.45) is 0 Å². The van der Waals surface area contributed by atoms with Crippen LogP contribution in [0.5, 0.6) is 11.5 Å². The maximum atomic E-state index is 11.0. The van der Waals surface area contributed by atoms with E-state index >= 15 is 0 Å². The van der Waals surface area contributed by atoms with Gasteiger partial charge in [0.2, 0.25) is 0 Å². The second kappa shape index (κ2) is 7.06. The molecule has 0 bridgehead atoms. The molecule has 6 nitrogen and oxygen atoms in total. The van der Waals surface area contributed by atoms with Crippen LogP contribution in [0.15, 0.2) is 24.3 Å². The molecule has 1 aliphatic carbocycles. The summed E-state index contributed by atoms with van der Waals surface area (Å²) in [7, 11) is 0. The fourth-order valence-electron chi connectivity index (χ4n) is 5.76. The standard InChI is InChI=1S/C24H30N2O4/c1-3-25-7-5-13-9-15(11-17(27)21(13)25)19-23(29)20(24(19)30)16-10-14-6-8-26(4-2)22(14)18(28)12-16/h9-12,19-20,23-24,27-30H,3-8H2,1-2H3. The SMILES string of the molecule is CCN1CCc2cc(C3C(O)C(c4cc(O)c5c(c4)CCN5CC)C3O)cc(O)c21. The van der Waals surface area contributed by atoms with Crippen LogP contribution in [-0.2, 0) is 12.8 Å². The first-order chi connectivity index (χ1) is 14.4. The molecule has 0 atom stereocenters. The Bertz CT molecular complexity index is 904. The molecule has 2 aromatic rings. The Morgan fingerprint density at radius 1 is 0.733 bits per heavy atom. The van der Waals surface area contributed by atoms with Crippen LogP contribution in [0.25, 0.3) is 0 Å². The molecule has 4 N–H and O–H groups in total. The second-order valence-corrected chi connectivity index (χ2v) is 8.79. The summed E-state index contributed by atoms with van der Waals surface area (Å²) in [4.78, 5) is 4.30. The Morgan fingerprint density at radius 3 is 1.50 bits per heavy atom. The van der Waals surface area contributed by atoms with Gasteiger partial charge in [0.25, 0.3) is 0 Å². The number of benzene rings is 2. The van der Waals surface area contributed by atoms with Gasteiger partial charge in [0.1, 0.15) is 11.5 Å². The van der Waals surface area contributed by atoms with E-state index in [2.05, 4.69) is 23.6 Å². The monoisotopic (exact) mass is 410 g/mol. The minimum absolute atomic E-state index is 0.222. The molecular formula is C24H30N2O4. The highest BCUT2D eigenvalue weighted by Crippen LogP contribution is 2.52. The molecular weight excluding hydrogens is 380 g/mol. The summed E-state index contributed by atoms with van der Waals surface area (Å²) in [5.41, 5.74) is 5.47. The average molecular weight is 411 g/mol. The van der Waals surface area contributed by atoms with Crippen molar-refractivity contribution in [2.45, 2.75) is 50.7 Å². The van der Waals surface area contributed by atoms with Crippen LogP contribution in [0, 0.1) is 0 Å². The highest BCUT2D eigenvalue weighted by molar-refractivity contribution is 5.70. The zero-order valence-electron chi connectivity index (χ0n) is 17.5. The lowest BCUT2D eigenvalue weighted by Gasteiger charge is -2.47. The Morgan fingerprint density at radius 2 is 1.13 bits per heavy atom. The van der Waals surface area contributed by atoms with Gasteiger partial charge in [-0.25, -0.2) is 0 Å². The zero-order valence-corrected chi connectivity index (χ0v) is 17.5. The summed E-state index contributed by atoms with van der Waals surface area (Å²) in [6, 6.07) is 7.44. The molecule has 2 aliphatic heterocycles. The molecule has 0 saturated heterocycles. The minimum Gasteiger partial charge on any atom is -0.506 e. The van der Waals surface area contributed by atoms with Gasteiger partial charge in [0.15, 0.2) is 0 Å².